The minimum Gasteiger partial charge on any atom is -0.416 e. The van der Waals surface area contributed by atoms with E-state index in [2.05, 4.69) is 44.9 Å². The summed E-state index contributed by atoms with van der Waals surface area (Å²) in [7, 11) is -1.84. The van der Waals surface area contributed by atoms with Gasteiger partial charge in [0, 0.05) is 23.0 Å². The predicted octanol–water partition coefficient (Wildman–Crippen LogP) is 5.61. The zero-order chi connectivity index (χ0) is 23.5. The number of H-pyrrole nitrogens is 1. The number of hydrogen-bond acceptors (Lipinski definition) is 4. The van der Waals surface area contributed by atoms with Gasteiger partial charge in [-0.3, -0.25) is 9.36 Å². The molecule has 1 aliphatic rings. The lowest BCUT2D eigenvalue weighted by Gasteiger charge is -2.37. The van der Waals surface area contributed by atoms with Gasteiger partial charge in [-0.05, 0) is 55.1 Å². The third-order valence-corrected chi connectivity index (χ3v) is 12.4. The van der Waals surface area contributed by atoms with Crippen molar-refractivity contribution in [1.29, 1.82) is 0 Å². The summed E-state index contributed by atoms with van der Waals surface area (Å²) in [4.78, 5) is 30.1. The number of nitrogens with one attached hydrogen (secondary N) is 1. The molecule has 1 aromatic heterocycles. The van der Waals surface area contributed by atoms with E-state index in [1.807, 2.05) is 37.3 Å². The molecule has 0 fully saturated rings. The van der Waals surface area contributed by atoms with E-state index in [9.17, 15) is 9.59 Å². The fourth-order valence-electron chi connectivity index (χ4n) is 3.66. The Labute approximate surface area is 196 Å². The molecular weight excluding hydrogens is 436 g/mol. The highest BCUT2D eigenvalue weighted by Crippen LogP contribution is 2.38. The molecule has 1 heterocycles. The van der Waals surface area contributed by atoms with Gasteiger partial charge >= 0.3 is 5.69 Å². The summed E-state index contributed by atoms with van der Waals surface area (Å²) in [6, 6.07) is 9.80. The van der Waals surface area contributed by atoms with Gasteiger partial charge in [0.1, 0.15) is 0 Å². The van der Waals surface area contributed by atoms with Gasteiger partial charge in [-0.2, -0.15) is 0 Å². The van der Waals surface area contributed by atoms with Gasteiger partial charge < -0.3 is 9.41 Å². The third-order valence-electron chi connectivity index (χ3n) is 6.80. The first-order chi connectivity index (χ1) is 15.0. The maximum atomic E-state index is 13.3. The van der Waals surface area contributed by atoms with E-state index in [1.165, 1.54) is 16.3 Å². The van der Waals surface area contributed by atoms with Crippen LogP contribution < -0.4 is 11.2 Å². The molecular formula is C25H36N2O3SSi. The van der Waals surface area contributed by atoms with Crippen LogP contribution in [0.1, 0.15) is 46.1 Å². The zero-order valence-electron chi connectivity index (χ0n) is 20.2. The summed E-state index contributed by atoms with van der Waals surface area (Å²) in [5.41, 5.74) is 1.27. The highest BCUT2D eigenvalue weighted by molar-refractivity contribution is 7.99. The minimum atomic E-state index is -1.84. The molecule has 32 heavy (non-hydrogen) atoms. The van der Waals surface area contributed by atoms with Crippen molar-refractivity contribution in [3.8, 4) is 0 Å². The van der Waals surface area contributed by atoms with Crippen LogP contribution in [0.25, 0.3) is 0 Å². The molecule has 3 rings (SSSR count). The monoisotopic (exact) mass is 472 g/mol. The van der Waals surface area contributed by atoms with Crippen LogP contribution >= 0.6 is 11.8 Å². The average molecular weight is 473 g/mol. The van der Waals surface area contributed by atoms with Gasteiger partial charge in [-0.25, -0.2) is 4.79 Å². The molecule has 0 saturated carbocycles. The normalized spacial score (nSPS) is 16.9. The van der Waals surface area contributed by atoms with E-state index in [-0.39, 0.29) is 22.2 Å². The van der Waals surface area contributed by atoms with Crippen molar-refractivity contribution < 1.29 is 4.43 Å². The molecule has 1 atom stereocenters. The van der Waals surface area contributed by atoms with Gasteiger partial charge in [-0.15, -0.1) is 0 Å². The van der Waals surface area contributed by atoms with Gasteiger partial charge in [-0.1, -0.05) is 63.7 Å². The fourth-order valence-corrected chi connectivity index (χ4v) is 5.73. The predicted molar refractivity (Wildman–Crippen MR) is 135 cm³/mol. The molecule has 174 valence electrons. The molecule has 0 radical (unpaired) electrons. The number of allylic oxidation sites excluding steroid dienone is 1. The van der Waals surface area contributed by atoms with E-state index in [4.69, 9.17) is 4.43 Å². The molecule has 0 saturated heterocycles. The Bertz CT molecular complexity index is 1080. The lowest BCUT2D eigenvalue weighted by atomic mass is 10.0. The van der Waals surface area contributed by atoms with Crippen molar-refractivity contribution in [3.63, 3.8) is 0 Å². The van der Waals surface area contributed by atoms with Crippen molar-refractivity contribution in [2.75, 3.05) is 6.61 Å². The van der Waals surface area contributed by atoms with E-state index in [0.29, 0.717) is 30.2 Å². The highest BCUT2D eigenvalue weighted by atomic mass is 32.2. The van der Waals surface area contributed by atoms with E-state index in [0.717, 1.165) is 23.3 Å². The lowest BCUT2D eigenvalue weighted by Crippen LogP contribution is -2.42. The largest absolute Gasteiger partial charge is 0.416 e. The van der Waals surface area contributed by atoms with Crippen molar-refractivity contribution in [2.24, 2.45) is 5.92 Å². The smallest absolute Gasteiger partial charge is 0.329 e. The minimum absolute atomic E-state index is 0.159. The van der Waals surface area contributed by atoms with Gasteiger partial charge in [0.15, 0.2) is 8.32 Å². The van der Waals surface area contributed by atoms with Crippen molar-refractivity contribution >= 4 is 20.1 Å². The van der Waals surface area contributed by atoms with Crippen molar-refractivity contribution in [2.45, 2.75) is 81.6 Å². The molecule has 1 N–H and O–H groups in total. The summed E-state index contributed by atoms with van der Waals surface area (Å²) >= 11 is 1.43. The van der Waals surface area contributed by atoms with Crippen LogP contribution in [0.4, 0.5) is 0 Å². The van der Waals surface area contributed by atoms with Gasteiger partial charge in [0.05, 0.1) is 11.6 Å². The number of hydrogen-bond donors (Lipinski definition) is 1. The van der Waals surface area contributed by atoms with Crippen LogP contribution in [0.5, 0.6) is 0 Å². The summed E-state index contributed by atoms with van der Waals surface area (Å²) in [6.07, 6.45) is 4.74. The Morgan fingerprint density at radius 3 is 2.50 bits per heavy atom. The topological polar surface area (TPSA) is 64.1 Å². The summed E-state index contributed by atoms with van der Waals surface area (Å²) in [5, 5.41) is 0.800. The molecule has 0 spiro atoms. The molecule has 1 aliphatic carbocycles. The Balaban J connectivity index is 1.81. The second-order valence-corrected chi connectivity index (χ2v) is 15.9. The molecule has 1 aromatic carbocycles. The molecule has 5 nitrogen and oxygen atoms in total. The Kier molecular flexibility index (Phi) is 7.73. The molecule has 1 unspecified atom stereocenters. The van der Waals surface area contributed by atoms with Crippen molar-refractivity contribution in [1.82, 2.24) is 9.55 Å². The Morgan fingerprint density at radius 1 is 1.19 bits per heavy atom. The Morgan fingerprint density at radius 2 is 1.88 bits per heavy atom. The first kappa shape index (κ1) is 24.8. The molecule has 7 heteroatoms. The Hall–Kier alpha value is -1.83. The second-order valence-electron chi connectivity index (χ2n) is 10.0. The zero-order valence-corrected chi connectivity index (χ0v) is 22.0. The lowest BCUT2D eigenvalue weighted by molar-refractivity contribution is 0.242. The quantitative estimate of drug-likeness (QED) is 0.308. The van der Waals surface area contributed by atoms with Crippen LogP contribution in [0, 0.1) is 5.92 Å². The van der Waals surface area contributed by atoms with Crippen LogP contribution in [0.3, 0.4) is 0 Å². The second kappa shape index (κ2) is 9.97. The number of rotatable bonds is 8. The number of aromatic amines is 1. The van der Waals surface area contributed by atoms with Gasteiger partial charge in [0.25, 0.3) is 5.56 Å². The fraction of sp³-hybridized carbons (Fsp3) is 0.520. The van der Waals surface area contributed by atoms with Gasteiger partial charge in [0.2, 0.25) is 0 Å². The van der Waals surface area contributed by atoms with Crippen LogP contribution in [0.15, 0.2) is 61.5 Å². The SMILES string of the molecule is CCc1c(Sc2ccccc2)[nH]c(=O)n(CC2=CCCC2CO[Si](C)(C)C(C)(C)C)c1=O. The summed E-state index contributed by atoms with van der Waals surface area (Å²) in [5.74, 6) is 0.263. The first-order valence-electron chi connectivity index (χ1n) is 11.4. The molecule has 0 amide bonds. The van der Waals surface area contributed by atoms with Crippen LogP contribution in [-0.4, -0.2) is 24.5 Å². The molecule has 0 aliphatic heterocycles. The maximum Gasteiger partial charge on any atom is 0.329 e. The number of nitrogens with zero attached hydrogens (tertiary/aromatic N) is 1. The standard InChI is InChI=1S/C25H36N2O3SSi/c1-7-21-22(31-20-14-9-8-10-15-20)26-24(29)27(23(21)28)16-18-12-11-13-19(18)17-30-32(5,6)25(2,3)4/h8-10,12,14-15,19H,7,11,13,16-17H2,1-6H3,(H,26,29). The van der Waals surface area contributed by atoms with Crippen molar-refractivity contribution in [3.05, 3.63) is 68.4 Å². The third kappa shape index (κ3) is 5.56. The molecule has 2 aromatic rings. The maximum absolute atomic E-state index is 13.3. The van der Waals surface area contributed by atoms with E-state index >= 15 is 0 Å². The first-order valence-corrected chi connectivity index (χ1v) is 15.2. The van der Waals surface area contributed by atoms with Crippen LogP contribution in [0.2, 0.25) is 18.1 Å². The van der Waals surface area contributed by atoms with E-state index in [1.54, 1.807) is 0 Å². The molecule has 0 bridgehead atoms. The number of aromatic nitrogens is 2. The number of benzene rings is 1. The average Bonchev–Trinajstić information content (AvgIpc) is 3.17. The highest BCUT2D eigenvalue weighted by Gasteiger charge is 2.38. The summed E-state index contributed by atoms with van der Waals surface area (Å²) in [6.45, 7) is 14.2. The van der Waals surface area contributed by atoms with Crippen LogP contribution in [-0.2, 0) is 17.4 Å². The van der Waals surface area contributed by atoms with E-state index < -0.39 is 8.32 Å². The summed E-state index contributed by atoms with van der Waals surface area (Å²) < 4.78 is 7.82.